The molecular formula is C18H18O3. The summed E-state index contributed by atoms with van der Waals surface area (Å²) < 4.78 is 10.5. The number of carbonyl (C=O) groups is 1. The van der Waals surface area contributed by atoms with Gasteiger partial charge in [-0.05, 0) is 36.2 Å². The number of rotatable bonds is 5. The highest BCUT2D eigenvalue weighted by molar-refractivity contribution is 5.94. The lowest BCUT2D eigenvalue weighted by atomic mass is 10.1. The first-order valence-corrected chi connectivity index (χ1v) is 6.64. The summed E-state index contributed by atoms with van der Waals surface area (Å²) in [5, 5.41) is 0. The molecule has 2 rings (SSSR count). The highest BCUT2D eigenvalue weighted by Crippen LogP contribution is 2.23. The van der Waals surface area contributed by atoms with Gasteiger partial charge in [0, 0.05) is 11.6 Å². The SMILES string of the molecule is COc1cc(/C=C\c2cccc(C(C)=O)c2)cc(OC)c1. The van der Waals surface area contributed by atoms with E-state index < -0.39 is 0 Å². The Morgan fingerprint density at radius 3 is 2.10 bits per heavy atom. The summed E-state index contributed by atoms with van der Waals surface area (Å²) in [6.07, 6.45) is 3.92. The highest BCUT2D eigenvalue weighted by atomic mass is 16.5. The molecule has 0 aliphatic carbocycles. The van der Waals surface area contributed by atoms with Crippen molar-refractivity contribution in [2.24, 2.45) is 0 Å². The quantitative estimate of drug-likeness (QED) is 0.612. The van der Waals surface area contributed by atoms with Crippen LogP contribution in [-0.2, 0) is 0 Å². The first-order valence-electron chi connectivity index (χ1n) is 6.64. The third kappa shape index (κ3) is 3.96. The molecule has 0 spiro atoms. The Labute approximate surface area is 124 Å². The second kappa shape index (κ2) is 6.75. The second-order valence-electron chi connectivity index (χ2n) is 4.66. The van der Waals surface area contributed by atoms with E-state index in [1.165, 1.54) is 0 Å². The molecule has 0 saturated carbocycles. The van der Waals surface area contributed by atoms with E-state index >= 15 is 0 Å². The third-order valence-electron chi connectivity index (χ3n) is 3.14. The predicted octanol–water partition coefficient (Wildman–Crippen LogP) is 4.08. The van der Waals surface area contributed by atoms with E-state index in [-0.39, 0.29) is 5.78 Å². The van der Waals surface area contributed by atoms with Gasteiger partial charge in [0.1, 0.15) is 11.5 Å². The molecule has 21 heavy (non-hydrogen) atoms. The molecule has 2 aromatic carbocycles. The van der Waals surface area contributed by atoms with E-state index in [2.05, 4.69) is 0 Å². The molecule has 0 aliphatic rings. The minimum absolute atomic E-state index is 0.0632. The Morgan fingerprint density at radius 2 is 1.52 bits per heavy atom. The molecule has 0 fully saturated rings. The molecule has 2 aromatic rings. The molecule has 0 radical (unpaired) electrons. The molecule has 0 aromatic heterocycles. The van der Waals surface area contributed by atoms with Gasteiger partial charge < -0.3 is 9.47 Å². The fourth-order valence-electron chi connectivity index (χ4n) is 1.98. The van der Waals surface area contributed by atoms with Crippen LogP contribution < -0.4 is 9.47 Å². The lowest BCUT2D eigenvalue weighted by molar-refractivity contribution is 0.101. The standard InChI is InChI=1S/C18H18O3/c1-13(19)16-6-4-5-14(9-16)7-8-15-10-17(20-2)12-18(11-15)21-3/h4-12H,1-3H3/b8-7-. The number of carbonyl (C=O) groups excluding carboxylic acids is 1. The van der Waals surface area contributed by atoms with Crippen molar-refractivity contribution in [2.45, 2.75) is 6.92 Å². The van der Waals surface area contributed by atoms with Crippen LogP contribution in [0.25, 0.3) is 12.2 Å². The largest absolute Gasteiger partial charge is 0.497 e. The van der Waals surface area contributed by atoms with Crippen molar-refractivity contribution in [3.05, 3.63) is 59.2 Å². The van der Waals surface area contributed by atoms with Gasteiger partial charge in [0.2, 0.25) is 0 Å². The van der Waals surface area contributed by atoms with Crippen LogP contribution >= 0.6 is 0 Å². The fraction of sp³-hybridized carbons (Fsp3) is 0.167. The van der Waals surface area contributed by atoms with Gasteiger partial charge in [0.25, 0.3) is 0 Å². The highest BCUT2D eigenvalue weighted by Gasteiger charge is 2.01. The summed E-state index contributed by atoms with van der Waals surface area (Å²) in [4.78, 5) is 11.4. The molecule has 0 atom stereocenters. The summed E-state index contributed by atoms with van der Waals surface area (Å²) in [5.41, 5.74) is 2.66. The number of benzene rings is 2. The molecule has 0 aliphatic heterocycles. The van der Waals surface area contributed by atoms with Crippen LogP contribution in [0.5, 0.6) is 11.5 Å². The summed E-state index contributed by atoms with van der Waals surface area (Å²) in [6, 6.07) is 13.2. The Kier molecular flexibility index (Phi) is 4.77. The molecule has 3 nitrogen and oxygen atoms in total. The van der Waals surface area contributed by atoms with Crippen molar-refractivity contribution in [1.29, 1.82) is 0 Å². The first-order chi connectivity index (χ1) is 10.1. The van der Waals surface area contributed by atoms with Crippen molar-refractivity contribution < 1.29 is 14.3 Å². The van der Waals surface area contributed by atoms with Crippen LogP contribution in [0.2, 0.25) is 0 Å². The number of Topliss-reactive ketones (excluding diaryl/α,β-unsaturated/α-hetero) is 1. The molecule has 3 heteroatoms. The van der Waals surface area contributed by atoms with Crippen LogP contribution in [0.4, 0.5) is 0 Å². The molecule has 0 amide bonds. The van der Waals surface area contributed by atoms with Crippen LogP contribution in [0.1, 0.15) is 28.4 Å². The fourth-order valence-corrected chi connectivity index (χ4v) is 1.98. The zero-order valence-electron chi connectivity index (χ0n) is 12.4. The van der Waals surface area contributed by atoms with Gasteiger partial charge in [-0.15, -0.1) is 0 Å². The van der Waals surface area contributed by atoms with Crippen molar-refractivity contribution in [2.75, 3.05) is 14.2 Å². The van der Waals surface area contributed by atoms with Gasteiger partial charge in [-0.2, -0.15) is 0 Å². The van der Waals surface area contributed by atoms with Gasteiger partial charge in [-0.25, -0.2) is 0 Å². The zero-order chi connectivity index (χ0) is 15.2. The molecule has 0 unspecified atom stereocenters. The van der Waals surface area contributed by atoms with E-state index in [0.29, 0.717) is 5.56 Å². The van der Waals surface area contributed by atoms with Gasteiger partial charge in [0.05, 0.1) is 14.2 Å². The Hall–Kier alpha value is -2.55. The Morgan fingerprint density at radius 1 is 0.905 bits per heavy atom. The lowest BCUT2D eigenvalue weighted by Gasteiger charge is -2.05. The van der Waals surface area contributed by atoms with E-state index in [1.807, 2.05) is 54.6 Å². The molecule has 0 heterocycles. The van der Waals surface area contributed by atoms with Gasteiger partial charge >= 0.3 is 0 Å². The minimum atomic E-state index is 0.0632. The van der Waals surface area contributed by atoms with Gasteiger partial charge in [-0.1, -0.05) is 30.4 Å². The third-order valence-corrected chi connectivity index (χ3v) is 3.14. The van der Waals surface area contributed by atoms with E-state index in [0.717, 1.165) is 22.6 Å². The molecule has 108 valence electrons. The smallest absolute Gasteiger partial charge is 0.159 e. The monoisotopic (exact) mass is 282 g/mol. The maximum atomic E-state index is 11.4. The van der Waals surface area contributed by atoms with Crippen LogP contribution in [0.3, 0.4) is 0 Å². The number of methoxy groups -OCH3 is 2. The predicted molar refractivity (Wildman–Crippen MR) is 84.9 cm³/mol. The normalized spacial score (nSPS) is 10.6. The maximum absolute atomic E-state index is 11.4. The van der Waals surface area contributed by atoms with Crippen molar-refractivity contribution in [1.82, 2.24) is 0 Å². The van der Waals surface area contributed by atoms with Crippen LogP contribution in [-0.4, -0.2) is 20.0 Å². The zero-order valence-corrected chi connectivity index (χ0v) is 12.4. The maximum Gasteiger partial charge on any atom is 0.159 e. The van der Waals surface area contributed by atoms with Gasteiger partial charge in [0.15, 0.2) is 5.78 Å². The van der Waals surface area contributed by atoms with Crippen molar-refractivity contribution >= 4 is 17.9 Å². The number of ketones is 1. The average molecular weight is 282 g/mol. The van der Waals surface area contributed by atoms with Crippen LogP contribution in [0, 0.1) is 0 Å². The number of hydrogen-bond acceptors (Lipinski definition) is 3. The van der Waals surface area contributed by atoms with Crippen molar-refractivity contribution in [3.8, 4) is 11.5 Å². The number of ether oxygens (including phenoxy) is 2. The molecule has 0 saturated heterocycles. The second-order valence-corrected chi connectivity index (χ2v) is 4.66. The van der Waals surface area contributed by atoms with E-state index in [1.54, 1.807) is 21.1 Å². The lowest BCUT2D eigenvalue weighted by Crippen LogP contribution is -1.91. The Balaban J connectivity index is 2.28. The first kappa shape index (κ1) is 14.9. The van der Waals surface area contributed by atoms with Gasteiger partial charge in [-0.3, -0.25) is 4.79 Å². The molecule has 0 bridgehead atoms. The summed E-state index contributed by atoms with van der Waals surface area (Å²) in [7, 11) is 3.25. The topological polar surface area (TPSA) is 35.5 Å². The van der Waals surface area contributed by atoms with E-state index in [4.69, 9.17) is 9.47 Å². The molecular weight excluding hydrogens is 264 g/mol. The summed E-state index contributed by atoms with van der Waals surface area (Å²) in [5.74, 6) is 1.55. The van der Waals surface area contributed by atoms with E-state index in [9.17, 15) is 4.79 Å². The minimum Gasteiger partial charge on any atom is -0.497 e. The summed E-state index contributed by atoms with van der Waals surface area (Å²) >= 11 is 0. The van der Waals surface area contributed by atoms with Crippen LogP contribution in [0.15, 0.2) is 42.5 Å². The average Bonchev–Trinajstić information content (AvgIpc) is 2.52. The van der Waals surface area contributed by atoms with Crippen molar-refractivity contribution in [3.63, 3.8) is 0 Å². The molecule has 0 N–H and O–H groups in total. The number of hydrogen-bond donors (Lipinski definition) is 0. The summed E-state index contributed by atoms with van der Waals surface area (Å²) in [6.45, 7) is 1.57. The Bertz CT molecular complexity index is 650.